The van der Waals surface area contributed by atoms with Gasteiger partial charge in [0.15, 0.2) is 0 Å². The van der Waals surface area contributed by atoms with Crippen LogP contribution in [0, 0.1) is 12.8 Å². The van der Waals surface area contributed by atoms with Gasteiger partial charge in [-0.2, -0.15) is 0 Å². The van der Waals surface area contributed by atoms with Gasteiger partial charge in [-0.3, -0.25) is 0 Å². The molecule has 1 aromatic heterocycles. The maximum Gasteiger partial charge on any atom is 0.242 e. The number of hydrogen-bond acceptors (Lipinski definition) is 4. The SMILES string of the molecule is Cc1sc(Br)cc1S(=O)(=O)NC1(CO)CCC(C)CC1. The first-order valence-corrected chi connectivity index (χ1v) is 9.78. The van der Waals surface area contributed by atoms with E-state index in [1.54, 1.807) is 13.0 Å². The van der Waals surface area contributed by atoms with Crippen molar-refractivity contribution in [3.8, 4) is 0 Å². The van der Waals surface area contributed by atoms with Gasteiger partial charge >= 0.3 is 0 Å². The van der Waals surface area contributed by atoms with E-state index in [1.165, 1.54) is 11.3 Å². The summed E-state index contributed by atoms with van der Waals surface area (Å²) in [4.78, 5) is 1.06. The van der Waals surface area contributed by atoms with Crippen LogP contribution in [0.2, 0.25) is 0 Å². The molecule has 0 bridgehead atoms. The second-order valence-electron chi connectivity index (χ2n) is 5.70. The van der Waals surface area contributed by atoms with Gasteiger partial charge in [0.2, 0.25) is 10.0 Å². The molecular weight excluding hydrogens is 362 g/mol. The Balaban J connectivity index is 2.24. The smallest absolute Gasteiger partial charge is 0.242 e. The quantitative estimate of drug-likeness (QED) is 0.841. The highest BCUT2D eigenvalue weighted by Crippen LogP contribution is 2.35. The fourth-order valence-electron chi connectivity index (χ4n) is 2.64. The molecule has 0 amide bonds. The Labute approximate surface area is 132 Å². The molecule has 1 saturated carbocycles. The first kappa shape index (κ1) is 16.4. The maximum atomic E-state index is 12.5. The van der Waals surface area contributed by atoms with Crippen molar-refractivity contribution in [3.63, 3.8) is 0 Å². The zero-order valence-electron chi connectivity index (χ0n) is 11.6. The second-order valence-corrected chi connectivity index (χ2v) is 9.98. The van der Waals surface area contributed by atoms with Crippen molar-refractivity contribution >= 4 is 37.3 Å². The summed E-state index contributed by atoms with van der Waals surface area (Å²) in [6.45, 7) is 3.80. The third kappa shape index (κ3) is 3.44. The molecule has 0 unspecified atom stereocenters. The number of hydrogen-bond donors (Lipinski definition) is 2. The van der Waals surface area contributed by atoms with Crippen LogP contribution in [-0.4, -0.2) is 25.7 Å². The van der Waals surface area contributed by atoms with E-state index in [4.69, 9.17) is 0 Å². The van der Waals surface area contributed by atoms with Gasteiger partial charge in [-0.1, -0.05) is 6.92 Å². The number of aliphatic hydroxyl groups excluding tert-OH is 1. The molecule has 1 heterocycles. The molecule has 0 aromatic carbocycles. The van der Waals surface area contributed by atoms with E-state index in [0.717, 1.165) is 21.5 Å². The Hall–Kier alpha value is 0.0500. The fourth-order valence-corrected chi connectivity index (χ4v) is 6.51. The summed E-state index contributed by atoms with van der Waals surface area (Å²) >= 11 is 4.72. The Bertz CT molecular complexity index is 574. The van der Waals surface area contributed by atoms with Crippen molar-refractivity contribution in [1.29, 1.82) is 0 Å². The minimum atomic E-state index is -3.59. The van der Waals surface area contributed by atoms with Crippen molar-refractivity contribution in [3.05, 3.63) is 14.7 Å². The van der Waals surface area contributed by atoms with Gasteiger partial charge in [0.1, 0.15) is 0 Å². The lowest BCUT2D eigenvalue weighted by molar-refractivity contribution is 0.125. The Morgan fingerprint density at radius 2 is 2.10 bits per heavy atom. The minimum absolute atomic E-state index is 0.149. The summed E-state index contributed by atoms with van der Waals surface area (Å²) in [6.07, 6.45) is 3.26. The van der Waals surface area contributed by atoms with E-state index in [2.05, 4.69) is 27.6 Å². The van der Waals surface area contributed by atoms with Gasteiger partial charge in [0.25, 0.3) is 0 Å². The maximum absolute atomic E-state index is 12.5. The number of halogens is 1. The van der Waals surface area contributed by atoms with E-state index in [0.29, 0.717) is 23.7 Å². The van der Waals surface area contributed by atoms with E-state index in [1.807, 2.05) is 0 Å². The first-order valence-electron chi connectivity index (χ1n) is 6.69. The molecule has 114 valence electrons. The predicted molar refractivity (Wildman–Crippen MR) is 84.5 cm³/mol. The average Bonchev–Trinajstić information content (AvgIpc) is 2.72. The van der Waals surface area contributed by atoms with Gasteiger partial charge in [-0.25, -0.2) is 13.1 Å². The van der Waals surface area contributed by atoms with E-state index in [9.17, 15) is 13.5 Å². The third-order valence-electron chi connectivity index (χ3n) is 4.02. The summed E-state index contributed by atoms with van der Waals surface area (Å²) in [6, 6.07) is 1.62. The lowest BCUT2D eigenvalue weighted by Gasteiger charge is -2.38. The van der Waals surface area contributed by atoms with Crippen LogP contribution in [-0.2, 0) is 10.0 Å². The van der Waals surface area contributed by atoms with Crippen LogP contribution in [0.15, 0.2) is 14.7 Å². The zero-order chi connectivity index (χ0) is 15.0. The molecule has 4 nitrogen and oxygen atoms in total. The number of aliphatic hydroxyl groups is 1. The summed E-state index contributed by atoms with van der Waals surface area (Å²) in [5.74, 6) is 0.594. The Morgan fingerprint density at radius 1 is 1.50 bits per heavy atom. The summed E-state index contributed by atoms with van der Waals surface area (Å²) < 4.78 is 28.6. The predicted octanol–water partition coefficient (Wildman–Crippen LogP) is 3.04. The number of aryl methyl sites for hydroxylation is 1. The molecule has 7 heteroatoms. The lowest BCUT2D eigenvalue weighted by atomic mass is 9.78. The third-order valence-corrected chi connectivity index (χ3v) is 7.40. The molecule has 20 heavy (non-hydrogen) atoms. The second kappa shape index (κ2) is 6.04. The van der Waals surface area contributed by atoms with Gasteiger partial charge in [0, 0.05) is 4.88 Å². The minimum Gasteiger partial charge on any atom is -0.394 e. The lowest BCUT2D eigenvalue weighted by Crippen LogP contribution is -2.53. The van der Waals surface area contributed by atoms with Crippen LogP contribution in [0.3, 0.4) is 0 Å². The van der Waals surface area contributed by atoms with Crippen LogP contribution in [0.4, 0.5) is 0 Å². The van der Waals surface area contributed by atoms with Gasteiger partial charge in [-0.05, 0) is 60.5 Å². The molecule has 2 N–H and O–H groups in total. The first-order chi connectivity index (χ1) is 9.28. The van der Waals surface area contributed by atoms with Gasteiger partial charge in [-0.15, -0.1) is 11.3 Å². The van der Waals surface area contributed by atoms with Gasteiger partial charge in [0.05, 0.1) is 20.8 Å². The van der Waals surface area contributed by atoms with Crippen molar-refractivity contribution in [2.75, 3.05) is 6.61 Å². The highest BCUT2D eigenvalue weighted by molar-refractivity contribution is 9.11. The van der Waals surface area contributed by atoms with Crippen molar-refractivity contribution < 1.29 is 13.5 Å². The molecule has 0 atom stereocenters. The molecule has 1 aromatic rings. The number of thiophene rings is 1. The largest absolute Gasteiger partial charge is 0.394 e. The molecule has 0 spiro atoms. The van der Waals surface area contributed by atoms with E-state index in [-0.39, 0.29) is 6.61 Å². The van der Waals surface area contributed by atoms with Crippen molar-refractivity contribution in [2.45, 2.75) is 50.0 Å². The molecular formula is C13H20BrNO3S2. The van der Waals surface area contributed by atoms with Crippen molar-refractivity contribution in [1.82, 2.24) is 4.72 Å². The van der Waals surface area contributed by atoms with Crippen LogP contribution >= 0.6 is 27.3 Å². The Morgan fingerprint density at radius 3 is 2.55 bits per heavy atom. The zero-order valence-corrected chi connectivity index (χ0v) is 14.9. The van der Waals surface area contributed by atoms with Crippen molar-refractivity contribution in [2.24, 2.45) is 5.92 Å². The van der Waals surface area contributed by atoms with Gasteiger partial charge < -0.3 is 5.11 Å². The molecule has 1 fully saturated rings. The average molecular weight is 382 g/mol. The summed E-state index contributed by atoms with van der Waals surface area (Å²) in [5.41, 5.74) is -0.702. The monoisotopic (exact) mass is 381 g/mol. The highest BCUT2D eigenvalue weighted by atomic mass is 79.9. The van der Waals surface area contributed by atoms with Crippen LogP contribution < -0.4 is 4.72 Å². The summed E-state index contributed by atoms with van der Waals surface area (Å²) in [5, 5.41) is 9.68. The van der Waals surface area contributed by atoms with Crippen LogP contribution in [0.25, 0.3) is 0 Å². The Kier molecular flexibility index (Phi) is 4.96. The molecule has 2 rings (SSSR count). The number of rotatable bonds is 4. The molecule has 0 aliphatic heterocycles. The number of nitrogens with one attached hydrogen (secondary N) is 1. The normalized spacial score (nSPS) is 27.7. The molecule has 1 aliphatic rings. The standard InChI is InChI=1S/C13H20BrNO3S2/c1-9-3-5-13(8-16,6-4-9)15-20(17,18)11-7-12(14)19-10(11)2/h7,9,15-16H,3-6,8H2,1-2H3. The van der Waals surface area contributed by atoms with E-state index >= 15 is 0 Å². The van der Waals surface area contributed by atoms with Crippen LogP contribution in [0.5, 0.6) is 0 Å². The summed E-state index contributed by atoms with van der Waals surface area (Å²) in [7, 11) is -3.59. The fraction of sp³-hybridized carbons (Fsp3) is 0.692. The number of sulfonamides is 1. The van der Waals surface area contributed by atoms with E-state index < -0.39 is 15.6 Å². The van der Waals surface area contributed by atoms with Crippen LogP contribution in [0.1, 0.15) is 37.5 Å². The molecule has 0 radical (unpaired) electrons. The topological polar surface area (TPSA) is 66.4 Å². The highest BCUT2D eigenvalue weighted by Gasteiger charge is 2.38. The molecule has 0 saturated heterocycles. The molecule has 1 aliphatic carbocycles.